The number of nitrogens with two attached hydrogens (primary N) is 1. The largest absolute Gasteiger partial charge is 0.365 e. The summed E-state index contributed by atoms with van der Waals surface area (Å²) in [4.78, 5) is 40.5. The van der Waals surface area contributed by atoms with Crippen LogP contribution in [0.2, 0.25) is 0 Å². The summed E-state index contributed by atoms with van der Waals surface area (Å²) in [6, 6.07) is 17.1. The van der Waals surface area contributed by atoms with Crippen molar-refractivity contribution in [3.63, 3.8) is 0 Å². The standard InChI is InChI=1S/C25H27N3O3S/c1-16-9-7-8-12-20(16)25(31)28(14-13-19-10-5-4-6-11-19)15-21(29)27-24-22(23(26)30)17(2)18(3)32-24/h4-12H,13-15H2,1-3H3,(H2,26,30)(H,27,29). The second-order valence-electron chi connectivity index (χ2n) is 7.68. The molecule has 0 aliphatic carbocycles. The number of benzene rings is 2. The van der Waals surface area contributed by atoms with E-state index in [1.165, 1.54) is 11.3 Å². The number of rotatable bonds is 8. The third-order valence-electron chi connectivity index (χ3n) is 5.40. The van der Waals surface area contributed by atoms with Crippen LogP contribution < -0.4 is 11.1 Å². The fourth-order valence-electron chi connectivity index (χ4n) is 3.50. The van der Waals surface area contributed by atoms with Gasteiger partial charge in [-0.2, -0.15) is 0 Å². The molecule has 0 atom stereocenters. The molecule has 3 amide bonds. The zero-order chi connectivity index (χ0) is 23.3. The normalized spacial score (nSPS) is 10.6. The number of thiophene rings is 1. The van der Waals surface area contributed by atoms with Gasteiger partial charge in [0.15, 0.2) is 0 Å². The molecule has 32 heavy (non-hydrogen) atoms. The predicted octanol–water partition coefficient (Wildman–Crippen LogP) is 4.10. The number of nitrogens with zero attached hydrogens (tertiary/aromatic N) is 1. The molecule has 166 valence electrons. The highest BCUT2D eigenvalue weighted by atomic mass is 32.1. The van der Waals surface area contributed by atoms with Gasteiger partial charge in [-0.15, -0.1) is 11.3 Å². The zero-order valence-electron chi connectivity index (χ0n) is 18.5. The Bertz CT molecular complexity index is 1140. The van der Waals surface area contributed by atoms with Crippen LogP contribution in [0, 0.1) is 20.8 Å². The predicted molar refractivity (Wildman–Crippen MR) is 128 cm³/mol. The van der Waals surface area contributed by atoms with Crippen molar-refractivity contribution >= 4 is 34.1 Å². The van der Waals surface area contributed by atoms with E-state index in [-0.39, 0.29) is 18.4 Å². The van der Waals surface area contributed by atoms with Crippen molar-refractivity contribution in [3.8, 4) is 0 Å². The van der Waals surface area contributed by atoms with Crippen LogP contribution in [-0.4, -0.2) is 35.7 Å². The Balaban J connectivity index is 1.81. The van der Waals surface area contributed by atoms with Crippen LogP contribution in [0.4, 0.5) is 5.00 Å². The summed E-state index contributed by atoms with van der Waals surface area (Å²) >= 11 is 1.31. The molecule has 0 saturated carbocycles. The number of amides is 3. The second kappa shape index (κ2) is 10.2. The van der Waals surface area contributed by atoms with Crippen LogP contribution in [0.3, 0.4) is 0 Å². The Morgan fingerprint density at radius 3 is 2.28 bits per heavy atom. The average molecular weight is 450 g/mol. The number of anilines is 1. The Morgan fingerprint density at radius 2 is 1.62 bits per heavy atom. The van der Waals surface area contributed by atoms with Crippen molar-refractivity contribution in [1.82, 2.24) is 4.90 Å². The molecule has 7 heteroatoms. The summed E-state index contributed by atoms with van der Waals surface area (Å²) in [6.07, 6.45) is 0.621. The molecular weight excluding hydrogens is 422 g/mol. The summed E-state index contributed by atoms with van der Waals surface area (Å²) < 4.78 is 0. The molecule has 0 fully saturated rings. The molecule has 0 spiro atoms. The van der Waals surface area contributed by atoms with Crippen molar-refractivity contribution in [2.75, 3.05) is 18.4 Å². The number of carbonyl (C=O) groups excluding carboxylic acids is 3. The molecule has 0 aliphatic heterocycles. The first-order valence-corrected chi connectivity index (χ1v) is 11.2. The van der Waals surface area contributed by atoms with Crippen molar-refractivity contribution in [2.45, 2.75) is 27.2 Å². The minimum atomic E-state index is -0.584. The van der Waals surface area contributed by atoms with Gasteiger partial charge in [-0.05, 0) is 49.9 Å². The first kappa shape index (κ1) is 23.2. The number of nitrogens with one attached hydrogen (secondary N) is 1. The van der Waals surface area contributed by atoms with Crippen LogP contribution in [-0.2, 0) is 11.2 Å². The Labute approximate surface area is 192 Å². The third kappa shape index (κ3) is 5.42. The summed E-state index contributed by atoms with van der Waals surface area (Å²) in [5.41, 5.74) is 9.08. The van der Waals surface area contributed by atoms with Crippen LogP contribution in [0.1, 0.15) is 42.3 Å². The first-order chi connectivity index (χ1) is 15.3. The van der Waals surface area contributed by atoms with Gasteiger partial charge >= 0.3 is 0 Å². The maximum absolute atomic E-state index is 13.3. The van der Waals surface area contributed by atoms with Gasteiger partial charge in [-0.25, -0.2) is 0 Å². The van der Waals surface area contributed by atoms with E-state index in [9.17, 15) is 14.4 Å². The molecule has 2 aromatic carbocycles. The highest BCUT2D eigenvalue weighted by Gasteiger charge is 2.23. The summed E-state index contributed by atoms with van der Waals surface area (Å²) in [5.74, 6) is -1.16. The van der Waals surface area contributed by atoms with Crippen LogP contribution >= 0.6 is 11.3 Å². The van der Waals surface area contributed by atoms with Gasteiger partial charge in [0.25, 0.3) is 11.8 Å². The second-order valence-corrected chi connectivity index (χ2v) is 8.90. The summed E-state index contributed by atoms with van der Waals surface area (Å²) in [7, 11) is 0. The summed E-state index contributed by atoms with van der Waals surface area (Å²) in [5, 5.41) is 3.21. The molecule has 6 nitrogen and oxygen atoms in total. The molecular formula is C25H27N3O3S. The maximum Gasteiger partial charge on any atom is 0.254 e. The number of aryl methyl sites for hydroxylation is 2. The van der Waals surface area contributed by atoms with Gasteiger partial charge in [0.2, 0.25) is 5.91 Å². The maximum atomic E-state index is 13.3. The van der Waals surface area contributed by atoms with E-state index >= 15 is 0 Å². The van der Waals surface area contributed by atoms with E-state index in [4.69, 9.17) is 5.73 Å². The Hall–Kier alpha value is -3.45. The average Bonchev–Trinajstić information content (AvgIpc) is 3.04. The molecule has 0 unspecified atom stereocenters. The molecule has 3 rings (SSSR count). The van der Waals surface area contributed by atoms with Gasteiger partial charge in [0.1, 0.15) is 11.5 Å². The van der Waals surface area contributed by atoms with Crippen molar-refractivity contribution in [2.24, 2.45) is 5.73 Å². The lowest BCUT2D eigenvalue weighted by molar-refractivity contribution is -0.116. The van der Waals surface area contributed by atoms with E-state index in [1.807, 2.05) is 62.4 Å². The van der Waals surface area contributed by atoms with Crippen molar-refractivity contribution in [3.05, 3.63) is 87.3 Å². The number of hydrogen-bond acceptors (Lipinski definition) is 4. The minimum Gasteiger partial charge on any atom is -0.365 e. The number of primary amides is 1. The molecule has 0 saturated heterocycles. The molecule has 0 aliphatic rings. The number of hydrogen-bond donors (Lipinski definition) is 2. The van der Waals surface area contributed by atoms with Crippen LogP contribution in [0.5, 0.6) is 0 Å². The van der Waals surface area contributed by atoms with E-state index in [2.05, 4.69) is 5.32 Å². The minimum absolute atomic E-state index is 0.131. The van der Waals surface area contributed by atoms with Gasteiger partial charge in [-0.1, -0.05) is 48.5 Å². The molecule has 3 aromatic rings. The lowest BCUT2D eigenvalue weighted by Crippen LogP contribution is -2.39. The monoisotopic (exact) mass is 449 g/mol. The Morgan fingerprint density at radius 1 is 0.969 bits per heavy atom. The SMILES string of the molecule is Cc1ccccc1C(=O)N(CCc1ccccc1)CC(=O)Nc1sc(C)c(C)c1C(N)=O. The lowest BCUT2D eigenvalue weighted by atomic mass is 10.1. The quantitative estimate of drug-likeness (QED) is 0.542. The van der Waals surface area contributed by atoms with E-state index in [1.54, 1.807) is 17.9 Å². The van der Waals surface area contributed by atoms with E-state index in [0.717, 1.165) is 21.6 Å². The fourth-order valence-corrected chi connectivity index (χ4v) is 4.58. The first-order valence-electron chi connectivity index (χ1n) is 10.4. The number of carbonyl (C=O) groups is 3. The Kier molecular flexibility index (Phi) is 7.43. The van der Waals surface area contributed by atoms with Crippen LogP contribution in [0.15, 0.2) is 54.6 Å². The molecule has 1 aromatic heterocycles. The van der Waals surface area contributed by atoms with Gasteiger partial charge < -0.3 is 16.0 Å². The molecule has 1 heterocycles. The highest BCUT2D eigenvalue weighted by Crippen LogP contribution is 2.32. The molecule has 0 bridgehead atoms. The van der Waals surface area contributed by atoms with E-state index < -0.39 is 5.91 Å². The van der Waals surface area contributed by atoms with Gasteiger partial charge in [0.05, 0.1) is 5.56 Å². The molecule has 0 radical (unpaired) electrons. The van der Waals surface area contributed by atoms with Gasteiger partial charge in [0, 0.05) is 17.0 Å². The topological polar surface area (TPSA) is 92.5 Å². The smallest absolute Gasteiger partial charge is 0.254 e. The zero-order valence-corrected chi connectivity index (χ0v) is 19.3. The highest BCUT2D eigenvalue weighted by molar-refractivity contribution is 7.16. The van der Waals surface area contributed by atoms with E-state index in [0.29, 0.717) is 29.1 Å². The van der Waals surface area contributed by atoms with Crippen molar-refractivity contribution in [1.29, 1.82) is 0 Å². The fraction of sp³-hybridized carbons (Fsp3) is 0.240. The third-order valence-corrected chi connectivity index (χ3v) is 6.52. The van der Waals surface area contributed by atoms with Crippen LogP contribution in [0.25, 0.3) is 0 Å². The lowest BCUT2D eigenvalue weighted by Gasteiger charge is -2.23. The van der Waals surface area contributed by atoms with Crippen molar-refractivity contribution < 1.29 is 14.4 Å². The summed E-state index contributed by atoms with van der Waals surface area (Å²) in [6.45, 7) is 5.80. The molecule has 3 N–H and O–H groups in total. The van der Waals surface area contributed by atoms with Gasteiger partial charge in [-0.3, -0.25) is 14.4 Å².